The standard InChI is InChI=1S/C23H19N3O2S/c1-2-5-14(6-3-1)11-20-25-22(21-16-7-4-8-19(16)29-23(21)26-20)24-15-9-10-17-18(12-15)28-13-27-17/h1-3,5-6,9-10,12H,4,7-8,11,13H2,(H,24,25,26). The lowest BCUT2D eigenvalue weighted by atomic mass is 10.1. The molecule has 0 unspecified atom stereocenters. The molecule has 0 radical (unpaired) electrons. The molecule has 1 aliphatic heterocycles. The number of hydrogen-bond acceptors (Lipinski definition) is 6. The van der Waals surface area contributed by atoms with Gasteiger partial charge in [0, 0.05) is 23.1 Å². The van der Waals surface area contributed by atoms with E-state index in [2.05, 4.69) is 29.6 Å². The summed E-state index contributed by atoms with van der Waals surface area (Å²) in [5, 5.41) is 4.72. The summed E-state index contributed by atoms with van der Waals surface area (Å²) in [5.74, 6) is 3.27. The third-order valence-corrected chi connectivity index (χ3v) is 6.64. The van der Waals surface area contributed by atoms with Gasteiger partial charge in [-0.3, -0.25) is 0 Å². The van der Waals surface area contributed by atoms with Crippen molar-refractivity contribution < 1.29 is 9.47 Å². The first-order valence-electron chi connectivity index (χ1n) is 9.85. The topological polar surface area (TPSA) is 56.3 Å². The Morgan fingerprint density at radius 1 is 0.966 bits per heavy atom. The molecule has 1 aliphatic carbocycles. The van der Waals surface area contributed by atoms with Crippen molar-refractivity contribution in [3.63, 3.8) is 0 Å². The number of thiophene rings is 1. The second-order valence-electron chi connectivity index (χ2n) is 7.38. The van der Waals surface area contributed by atoms with E-state index in [9.17, 15) is 0 Å². The molecule has 0 saturated carbocycles. The van der Waals surface area contributed by atoms with Crippen molar-refractivity contribution in [3.05, 3.63) is 70.4 Å². The number of hydrogen-bond donors (Lipinski definition) is 1. The molecule has 4 aromatic rings. The van der Waals surface area contributed by atoms with Crippen LogP contribution in [0.4, 0.5) is 11.5 Å². The first kappa shape index (κ1) is 16.8. The van der Waals surface area contributed by atoms with Crippen LogP contribution in [0.25, 0.3) is 10.2 Å². The number of nitrogens with one attached hydrogen (secondary N) is 1. The highest BCUT2D eigenvalue weighted by Crippen LogP contribution is 2.41. The third kappa shape index (κ3) is 3.00. The van der Waals surface area contributed by atoms with Crippen molar-refractivity contribution in [1.29, 1.82) is 0 Å². The smallest absolute Gasteiger partial charge is 0.231 e. The van der Waals surface area contributed by atoms with Gasteiger partial charge in [-0.05, 0) is 42.5 Å². The maximum absolute atomic E-state index is 5.53. The zero-order valence-electron chi connectivity index (χ0n) is 15.8. The van der Waals surface area contributed by atoms with E-state index in [1.807, 2.05) is 35.6 Å². The lowest BCUT2D eigenvalue weighted by molar-refractivity contribution is 0.174. The fourth-order valence-corrected chi connectivity index (χ4v) is 5.38. The largest absolute Gasteiger partial charge is 0.454 e. The van der Waals surface area contributed by atoms with Crippen LogP contribution in [-0.4, -0.2) is 16.8 Å². The molecule has 5 nitrogen and oxygen atoms in total. The molecule has 2 aliphatic rings. The number of benzene rings is 2. The molecule has 2 aromatic heterocycles. The molecule has 144 valence electrons. The summed E-state index contributed by atoms with van der Waals surface area (Å²) in [6.45, 7) is 0.274. The molecule has 0 spiro atoms. The molecule has 0 atom stereocenters. The Kier molecular flexibility index (Phi) is 3.90. The SMILES string of the molecule is c1ccc(Cc2nc(Nc3ccc4c(c3)OCO4)c3c4c(sc3n2)CCC4)cc1. The molecule has 2 aromatic carbocycles. The van der Waals surface area contributed by atoms with Crippen molar-refractivity contribution >= 4 is 33.1 Å². The molecule has 0 amide bonds. The summed E-state index contributed by atoms with van der Waals surface area (Å²) < 4.78 is 11.0. The van der Waals surface area contributed by atoms with Crippen molar-refractivity contribution in [3.8, 4) is 11.5 Å². The van der Waals surface area contributed by atoms with Crippen LogP contribution in [-0.2, 0) is 19.3 Å². The fraction of sp³-hybridized carbons (Fsp3) is 0.217. The monoisotopic (exact) mass is 401 g/mol. The molecule has 6 heteroatoms. The van der Waals surface area contributed by atoms with Crippen LogP contribution in [0.5, 0.6) is 11.5 Å². The molecule has 29 heavy (non-hydrogen) atoms. The first-order chi connectivity index (χ1) is 14.3. The van der Waals surface area contributed by atoms with Crippen LogP contribution in [0.2, 0.25) is 0 Å². The lowest BCUT2D eigenvalue weighted by Gasteiger charge is -2.11. The van der Waals surface area contributed by atoms with Gasteiger partial charge in [-0.1, -0.05) is 30.3 Å². The van der Waals surface area contributed by atoms with Crippen molar-refractivity contribution in [1.82, 2.24) is 9.97 Å². The Bertz CT molecular complexity index is 1220. The van der Waals surface area contributed by atoms with Crippen molar-refractivity contribution in [2.24, 2.45) is 0 Å². The summed E-state index contributed by atoms with van der Waals surface area (Å²) in [4.78, 5) is 12.4. The lowest BCUT2D eigenvalue weighted by Crippen LogP contribution is -2.02. The van der Waals surface area contributed by atoms with Crippen LogP contribution >= 0.6 is 11.3 Å². The van der Waals surface area contributed by atoms with E-state index in [4.69, 9.17) is 19.4 Å². The summed E-state index contributed by atoms with van der Waals surface area (Å²) in [6.07, 6.45) is 4.18. The van der Waals surface area contributed by atoms with Crippen LogP contribution < -0.4 is 14.8 Å². The highest BCUT2D eigenvalue weighted by Gasteiger charge is 2.23. The summed E-state index contributed by atoms with van der Waals surface area (Å²) in [5.41, 5.74) is 3.57. The number of fused-ring (bicyclic) bond motifs is 4. The Morgan fingerprint density at radius 3 is 2.79 bits per heavy atom. The molecular formula is C23H19N3O2S. The van der Waals surface area contributed by atoms with E-state index in [0.717, 1.165) is 52.9 Å². The van der Waals surface area contributed by atoms with Crippen molar-refractivity contribution in [2.75, 3.05) is 12.1 Å². The second-order valence-corrected chi connectivity index (χ2v) is 8.46. The van der Waals surface area contributed by atoms with Gasteiger partial charge in [0.2, 0.25) is 6.79 Å². The maximum atomic E-state index is 5.53. The second kappa shape index (κ2) is 6.74. The minimum Gasteiger partial charge on any atom is -0.454 e. The van der Waals surface area contributed by atoms with Gasteiger partial charge in [-0.2, -0.15) is 0 Å². The number of ether oxygens (including phenoxy) is 2. The average Bonchev–Trinajstić information content (AvgIpc) is 3.44. The van der Waals surface area contributed by atoms with Gasteiger partial charge in [-0.15, -0.1) is 11.3 Å². The molecule has 6 rings (SSSR count). The Morgan fingerprint density at radius 2 is 1.86 bits per heavy atom. The summed E-state index contributed by atoms with van der Waals surface area (Å²) in [6, 6.07) is 16.3. The predicted molar refractivity (Wildman–Crippen MR) is 115 cm³/mol. The van der Waals surface area contributed by atoms with Crippen LogP contribution in [0, 0.1) is 0 Å². The Balaban J connectivity index is 1.44. The first-order valence-corrected chi connectivity index (χ1v) is 10.7. The van der Waals surface area contributed by atoms with E-state index >= 15 is 0 Å². The third-order valence-electron chi connectivity index (χ3n) is 5.45. The summed E-state index contributed by atoms with van der Waals surface area (Å²) in [7, 11) is 0. The van der Waals surface area contributed by atoms with Gasteiger partial charge in [0.1, 0.15) is 16.5 Å². The quantitative estimate of drug-likeness (QED) is 0.507. The predicted octanol–water partition coefficient (Wildman–Crippen LogP) is 5.24. The number of anilines is 2. The van der Waals surface area contributed by atoms with Gasteiger partial charge in [-0.25, -0.2) is 9.97 Å². The highest BCUT2D eigenvalue weighted by molar-refractivity contribution is 7.19. The molecule has 1 N–H and O–H groups in total. The van der Waals surface area contributed by atoms with Crippen LogP contribution in [0.15, 0.2) is 48.5 Å². The molecular weight excluding hydrogens is 382 g/mol. The maximum Gasteiger partial charge on any atom is 0.231 e. The minimum atomic E-state index is 0.274. The molecule has 0 bridgehead atoms. The normalized spacial score (nSPS) is 14.3. The van der Waals surface area contributed by atoms with E-state index in [1.54, 1.807) is 0 Å². The Hall–Kier alpha value is -3.12. The van der Waals surface area contributed by atoms with Gasteiger partial charge >= 0.3 is 0 Å². The van der Waals surface area contributed by atoms with Crippen molar-refractivity contribution in [2.45, 2.75) is 25.7 Å². The summed E-state index contributed by atoms with van der Waals surface area (Å²) >= 11 is 1.82. The zero-order chi connectivity index (χ0) is 19.2. The van der Waals surface area contributed by atoms with E-state index in [0.29, 0.717) is 0 Å². The molecule has 0 saturated heterocycles. The minimum absolute atomic E-state index is 0.274. The number of nitrogens with zero attached hydrogens (tertiary/aromatic N) is 2. The molecule has 0 fully saturated rings. The number of rotatable bonds is 4. The number of aromatic nitrogens is 2. The molecule has 3 heterocycles. The average molecular weight is 401 g/mol. The van der Waals surface area contributed by atoms with Crippen LogP contribution in [0.3, 0.4) is 0 Å². The highest BCUT2D eigenvalue weighted by atomic mass is 32.1. The van der Waals surface area contributed by atoms with Crippen LogP contribution in [0.1, 0.15) is 28.2 Å². The van der Waals surface area contributed by atoms with E-state index in [-0.39, 0.29) is 6.79 Å². The van der Waals surface area contributed by atoms with Gasteiger partial charge < -0.3 is 14.8 Å². The van der Waals surface area contributed by atoms with E-state index in [1.165, 1.54) is 27.8 Å². The number of aryl methyl sites for hydroxylation is 2. The Labute approximate surface area is 172 Å². The zero-order valence-corrected chi connectivity index (χ0v) is 16.6. The fourth-order valence-electron chi connectivity index (χ4n) is 4.10. The van der Waals surface area contributed by atoms with Gasteiger partial charge in [0.15, 0.2) is 11.5 Å². The van der Waals surface area contributed by atoms with Gasteiger partial charge in [0.25, 0.3) is 0 Å². The van der Waals surface area contributed by atoms with E-state index < -0.39 is 0 Å². The van der Waals surface area contributed by atoms with Gasteiger partial charge in [0.05, 0.1) is 5.39 Å².